The number of hydrogen-bond acceptors (Lipinski definition) is 3. The molecule has 1 aromatic rings. The zero-order valence-corrected chi connectivity index (χ0v) is 16.9. The van der Waals surface area contributed by atoms with E-state index in [1.54, 1.807) is 0 Å². The van der Waals surface area contributed by atoms with Gasteiger partial charge in [0.05, 0.1) is 19.3 Å². The molecule has 1 aromatic carbocycles. The number of nitrogens with two attached hydrogens (primary N) is 1. The minimum atomic E-state index is -0.217. The number of amides is 1. The molecule has 1 heterocycles. The maximum atomic E-state index is 11.2. The third-order valence-electron chi connectivity index (χ3n) is 4.66. The molecule has 0 aromatic heterocycles. The second-order valence-corrected chi connectivity index (χ2v) is 7.47. The third-order valence-corrected chi connectivity index (χ3v) is 4.66. The SMILES string of the molecule is CCNC(=NCc1ccc(COC(C)C)cc1)N1CCCC(CC(N)=O)C1. The lowest BCUT2D eigenvalue weighted by Gasteiger charge is -2.34. The van der Waals surface area contributed by atoms with Gasteiger partial charge >= 0.3 is 0 Å². The Kier molecular flexibility index (Phi) is 8.58. The highest BCUT2D eigenvalue weighted by Gasteiger charge is 2.23. The smallest absolute Gasteiger partial charge is 0.217 e. The van der Waals surface area contributed by atoms with Crippen LogP contribution in [0.2, 0.25) is 0 Å². The summed E-state index contributed by atoms with van der Waals surface area (Å²) in [5, 5.41) is 3.38. The number of carbonyl (C=O) groups excluding carboxylic acids is 1. The van der Waals surface area contributed by atoms with E-state index in [0.717, 1.165) is 38.4 Å². The van der Waals surface area contributed by atoms with Crippen molar-refractivity contribution < 1.29 is 9.53 Å². The molecule has 0 bridgehead atoms. The lowest BCUT2D eigenvalue weighted by Crippen LogP contribution is -2.47. The average Bonchev–Trinajstić information content (AvgIpc) is 2.64. The summed E-state index contributed by atoms with van der Waals surface area (Å²) in [6.07, 6.45) is 2.81. The first-order chi connectivity index (χ1) is 13.0. The lowest BCUT2D eigenvalue weighted by atomic mass is 9.95. The molecule has 27 heavy (non-hydrogen) atoms. The summed E-state index contributed by atoms with van der Waals surface area (Å²) in [7, 11) is 0. The van der Waals surface area contributed by atoms with E-state index in [1.807, 2.05) is 13.8 Å². The topological polar surface area (TPSA) is 80.0 Å². The minimum Gasteiger partial charge on any atom is -0.374 e. The largest absolute Gasteiger partial charge is 0.374 e. The molecule has 6 heteroatoms. The van der Waals surface area contributed by atoms with Gasteiger partial charge in [-0.15, -0.1) is 0 Å². The predicted octanol–water partition coefficient (Wildman–Crippen LogP) is 2.66. The quantitative estimate of drug-likeness (QED) is 0.541. The molecule has 1 unspecified atom stereocenters. The second kappa shape index (κ2) is 10.9. The molecule has 0 saturated carbocycles. The molecule has 1 saturated heterocycles. The van der Waals surface area contributed by atoms with Crippen LogP contribution in [0.4, 0.5) is 0 Å². The summed E-state index contributed by atoms with van der Waals surface area (Å²) < 4.78 is 5.64. The Balaban J connectivity index is 1.97. The molecule has 0 spiro atoms. The van der Waals surface area contributed by atoms with Crippen LogP contribution in [-0.4, -0.2) is 42.5 Å². The van der Waals surface area contributed by atoms with Crippen molar-refractivity contribution in [2.75, 3.05) is 19.6 Å². The van der Waals surface area contributed by atoms with Gasteiger partial charge in [0, 0.05) is 26.1 Å². The van der Waals surface area contributed by atoms with E-state index in [1.165, 1.54) is 11.1 Å². The third kappa shape index (κ3) is 7.59. The highest BCUT2D eigenvalue weighted by molar-refractivity contribution is 5.80. The first-order valence-electron chi connectivity index (χ1n) is 9.99. The van der Waals surface area contributed by atoms with Gasteiger partial charge in [0.1, 0.15) is 0 Å². The second-order valence-electron chi connectivity index (χ2n) is 7.47. The summed E-state index contributed by atoms with van der Waals surface area (Å²) in [5.74, 6) is 1.02. The molecular weight excluding hydrogens is 340 g/mol. The molecule has 0 aliphatic carbocycles. The maximum absolute atomic E-state index is 11.2. The molecule has 3 N–H and O–H groups in total. The number of ether oxygens (including phenoxy) is 1. The molecule has 1 amide bonds. The Morgan fingerprint density at radius 2 is 2.04 bits per heavy atom. The van der Waals surface area contributed by atoms with Gasteiger partial charge in [0.25, 0.3) is 0 Å². The van der Waals surface area contributed by atoms with Crippen LogP contribution in [0.15, 0.2) is 29.3 Å². The molecule has 0 radical (unpaired) electrons. The Labute approximate surface area is 163 Å². The van der Waals surface area contributed by atoms with E-state index in [-0.39, 0.29) is 12.0 Å². The molecule has 1 aliphatic rings. The lowest BCUT2D eigenvalue weighted by molar-refractivity contribution is -0.119. The van der Waals surface area contributed by atoms with Crippen molar-refractivity contribution in [3.63, 3.8) is 0 Å². The van der Waals surface area contributed by atoms with Gasteiger partial charge in [-0.3, -0.25) is 4.79 Å². The number of carbonyl (C=O) groups is 1. The molecule has 2 rings (SSSR count). The van der Waals surface area contributed by atoms with Gasteiger partial charge in [0.2, 0.25) is 5.91 Å². The number of nitrogens with one attached hydrogen (secondary N) is 1. The van der Waals surface area contributed by atoms with Crippen molar-refractivity contribution in [1.29, 1.82) is 0 Å². The number of rotatable bonds is 8. The molecule has 1 aliphatic heterocycles. The predicted molar refractivity (Wildman–Crippen MR) is 109 cm³/mol. The zero-order valence-electron chi connectivity index (χ0n) is 16.9. The minimum absolute atomic E-state index is 0.217. The Morgan fingerprint density at radius 3 is 2.67 bits per heavy atom. The van der Waals surface area contributed by atoms with E-state index in [9.17, 15) is 4.79 Å². The monoisotopic (exact) mass is 374 g/mol. The average molecular weight is 375 g/mol. The van der Waals surface area contributed by atoms with Crippen LogP contribution < -0.4 is 11.1 Å². The molecule has 1 atom stereocenters. The van der Waals surface area contributed by atoms with Crippen LogP contribution in [0, 0.1) is 5.92 Å². The zero-order chi connectivity index (χ0) is 19.6. The van der Waals surface area contributed by atoms with Crippen molar-refractivity contribution in [3.8, 4) is 0 Å². The molecule has 1 fully saturated rings. The normalized spacial score (nSPS) is 18.0. The Morgan fingerprint density at radius 1 is 1.33 bits per heavy atom. The Hall–Kier alpha value is -2.08. The summed E-state index contributed by atoms with van der Waals surface area (Å²) in [6, 6.07) is 8.42. The van der Waals surface area contributed by atoms with Gasteiger partial charge in [-0.25, -0.2) is 4.99 Å². The molecular formula is C21H34N4O2. The van der Waals surface area contributed by atoms with Gasteiger partial charge in [-0.2, -0.15) is 0 Å². The van der Waals surface area contributed by atoms with Gasteiger partial charge in [-0.1, -0.05) is 24.3 Å². The van der Waals surface area contributed by atoms with Crippen molar-refractivity contribution in [1.82, 2.24) is 10.2 Å². The van der Waals surface area contributed by atoms with E-state index >= 15 is 0 Å². The first-order valence-corrected chi connectivity index (χ1v) is 9.99. The van der Waals surface area contributed by atoms with E-state index in [4.69, 9.17) is 15.5 Å². The van der Waals surface area contributed by atoms with Crippen LogP contribution in [0.25, 0.3) is 0 Å². The standard InChI is InChI=1S/C21H34N4O2/c1-4-23-21(25-11-5-6-19(14-25)12-20(22)26)24-13-17-7-9-18(10-8-17)15-27-16(2)3/h7-10,16,19H,4-6,11-15H2,1-3H3,(H2,22,26)(H,23,24). The van der Waals surface area contributed by atoms with Crippen LogP contribution in [0.3, 0.4) is 0 Å². The summed E-state index contributed by atoms with van der Waals surface area (Å²) in [5.41, 5.74) is 7.72. The van der Waals surface area contributed by atoms with Crippen LogP contribution in [0.1, 0.15) is 51.2 Å². The van der Waals surface area contributed by atoms with E-state index < -0.39 is 0 Å². The Bertz CT molecular complexity index is 613. The number of primary amides is 1. The molecule has 150 valence electrons. The van der Waals surface area contributed by atoms with E-state index in [0.29, 0.717) is 25.5 Å². The van der Waals surface area contributed by atoms with Crippen molar-refractivity contribution in [2.45, 2.75) is 59.3 Å². The number of nitrogens with zero attached hydrogens (tertiary/aromatic N) is 2. The highest BCUT2D eigenvalue weighted by Crippen LogP contribution is 2.19. The number of aliphatic imine (C=N–C) groups is 1. The van der Waals surface area contributed by atoms with Crippen molar-refractivity contribution >= 4 is 11.9 Å². The fraction of sp³-hybridized carbons (Fsp3) is 0.619. The molecule has 6 nitrogen and oxygen atoms in total. The number of hydrogen-bond donors (Lipinski definition) is 2. The van der Waals surface area contributed by atoms with Gasteiger partial charge in [-0.05, 0) is 50.7 Å². The fourth-order valence-electron chi connectivity index (χ4n) is 3.30. The van der Waals surface area contributed by atoms with Crippen molar-refractivity contribution in [2.24, 2.45) is 16.6 Å². The van der Waals surface area contributed by atoms with Gasteiger partial charge < -0.3 is 20.7 Å². The first kappa shape index (κ1) is 21.2. The van der Waals surface area contributed by atoms with Crippen LogP contribution >= 0.6 is 0 Å². The number of likely N-dealkylation sites (tertiary alicyclic amines) is 1. The van der Waals surface area contributed by atoms with Crippen molar-refractivity contribution in [3.05, 3.63) is 35.4 Å². The maximum Gasteiger partial charge on any atom is 0.217 e. The van der Waals surface area contributed by atoms with Gasteiger partial charge in [0.15, 0.2) is 5.96 Å². The highest BCUT2D eigenvalue weighted by atomic mass is 16.5. The number of piperidine rings is 1. The van der Waals surface area contributed by atoms with E-state index in [2.05, 4.69) is 41.4 Å². The number of guanidine groups is 1. The summed E-state index contributed by atoms with van der Waals surface area (Å²) >= 11 is 0. The van der Waals surface area contributed by atoms with Crippen LogP contribution in [-0.2, 0) is 22.7 Å². The fourth-order valence-corrected chi connectivity index (χ4v) is 3.30. The number of benzene rings is 1. The van der Waals surface area contributed by atoms with Crippen LogP contribution in [0.5, 0.6) is 0 Å². The summed E-state index contributed by atoms with van der Waals surface area (Å²) in [4.78, 5) is 18.3. The summed E-state index contributed by atoms with van der Waals surface area (Å²) in [6.45, 7) is 10.0.